The molecule has 0 spiro atoms. The van der Waals surface area contributed by atoms with Crippen molar-refractivity contribution >= 4 is 78.0 Å². The van der Waals surface area contributed by atoms with Crippen LogP contribution in [-0.2, 0) is 27.1 Å². The van der Waals surface area contributed by atoms with Crippen LogP contribution in [-0.4, -0.2) is 6.71 Å². The van der Waals surface area contributed by atoms with Gasteiger partial charge in [0.2, 0.25) is 0 Å². The first-order valence-corrected chi connectivity index (χ1v) is 25.1. The number of rotatable bonds is 2. The third-order valence-electron chi connectivity index (χ3n) is 15.7. The first-order chi connectivity index (χ1) is 31.6. The fourth-order valence-electron chi connectivity index (χ4n) is 12.0. The third-order valence-corrected chi connectivity index (χ3v) is 17.0. The molecule has 1 aromatic heterocycles. The molecule has 3 aliphatic heterocycles. The molecular weight excluding hydrogens is 832 g/mol. The number of nitrogens with zero attached hydrogens (tertiary/aromatic N) is 2. The Bertz CT molecular complexity index is 3390. The summed E-state index contributed by atoms with van der Waals surface area (Å²) in [7, 11) is 0. The summed E-state index contributed by atoms with van der Waals surface area (Å²) in [6.07, 6.45) is 0. The predicted octanol–water partition coefficient (Wildman–Crippen LogP) is 15.6. The molecule has 0 bridgehead atoms. The normalized spacial score (nSPS) is 16.1. The van der Waals surface area contributed by atoms with E-state index in [0.717, 1.165) is 22.9 Å². The summed E-state index contributed by atoms with van der Waals surface area (Å²) in [4.78, 5) is 5.22. The second-order valence-corrected chi connectivity index (χ2v) is 24.9. The maximum atomic E-state index is 7.26. The molecule has 0 unspecified atom stereocenters. The van der Waals surface area contributed by atoms with Gasteiger partial charge in [0.05, 0.1) is 11.4 Å². The van der Waals surface area contributed by atoms with Crippen LogP contribution in [0.15, 0.2) is 133 Å². The van der Waals surface area contributed by atoms with Gasteiger partial charge >= 0.3 is 0 Å². The summed E-state index contributed by atoms with van der Waals surface area (Å²) in [5.74, 6) is 1.84. The zero-order valence-corrected chi connectivity index (χ0v) is 42.3. The van der Waals surface area contributed by atoms with Gasteiger partial charge in [0.15, 0.2) is 0 Å². The van der Waals surface area contributed by atoms with Gasteiger partial charge < -0.3 is 14.5 Å². The Labute approximate surface area is 402 Å². The van der Waals surface area contributed by atoms with E-state index in [4.69, 9.17) is 4.74 Å². The summed E-state index contributed by atoms with van der Waals surface area (Å²) >= 11 is 2.00. The van der Waals surface area contributed by atoms with Crippen molar-refractivity contribution in [3.05, 3.63) is 172 Å². The number of hydrogen-bond acceptors (Lipinski definition) is 4. The second-order valence-electron chi connectivity index (χ2n) is 23.9. The van der Waals surface area contributed by atoms with Gasteiger partial charge in [-0.25, -0.2) is 0 Å². The molecule has 4 heterocycles. The van der Waals surface area contributed by atoms with E-state index in [1.807, 2.05) is 11.3 Å². The summed E-state index contributed by atoms with van der Waals surface area (Å²) in [5.41, 5.74) is 21.3. The Balaban J connectivity index is 1.24. The van der Waals surface area contributed by atoms with Crippen LogP contribution in [0.25, 0.3) is 21.2 Å². The molecule has 1 aliphatic carbocycles. The van der Waals surface area contributed by atoms with Gasteiger partial charge in [-0.1, -0.05) is 169 Å². The summed E-state index contributed by atoms with van der Waals surface area (Å²) in [6.45, 7) is 30.5. The van der Waals surface area contributed by atoms with Crippen LogP contribution in [0.1, 0.15) is 129 Å². The van der Waals surface area contributed by atoms with Gasteiger partial charge in [-0.05, 0) is 115 Å². The van der Waals surface area contributed by atoms with E-state index in [2.05, 4.69) is 233 Å². The minimum atomic E-state index is -0.384. The Kier molecular flexibility index (Phi) is 8.71. The highest BCUT2D eigenvalue weighted by atomic mass is 32.1. The van der Waals surface area contributed by atoms with E-state index in [0.29, 0.717) is 0 Å². The average molecular weight is 893 g/mol. The quantitative estimate of drug-likeness (QED) is 0.161. The van der Waals surface area contributed by atoms with Crippen molar-refractivity contribution < 1.29 is 4.74 Å². The average Bonchev–Trinajstić information content (AvgIpc) is 3.75. The molecule has 0 amide bonds. The molecule has 5 heteroatoms. The fraction of sp³-hybridized carbons (Fsp3) is 0.290. The summed E-state index contributed by atoms with van der Waals surface area (Å²) in [6, 6.07) is 51.4. The van der Waals surface area contributed by atoms with Crippen molar-refractivity contribution in [2.24, 2.45) is 0 Å². The molecular formula is C62H61BN2OS. The smallest absolute Gasteiger partial charge is 0.264 e. The molecule has 12 rings (SSSR count). The Morgan fingerprint density at radius 1 is 0.493 bits per heavy atom. The number of anilines is 6. The number of ether oxygens (including phenoxy) is 1. The highest BCUT2D eigenvalue weighted by Crippen LogP contribution is 2.59. The number of thiophene rings is 1. The van der Waals surface area contributed by atoms with Crippen LogP contribution in [0.3, 0.4) is 0 Å². The zero-order chi connectivity index (χ0) is 46.9. The molecule has 67 heavy (non-hydrogen) atoms. The SMILES string of the molecule is CC(C)(C)c1ccc(N2c3ccc(C(C)(C)C)cc3B3c4sc5cc6c(cc5c4N(c4ccc(C(C)(C)C)cc4)c4cc5c(c2c43)C(C)(C)c2ccccc2O5)-c2ccccc2C6(C)C)cc1. The Morgan fingerprint density at radius 2 is 1.06 bits per heavy atom. The van der Waals surface area contributed by atoms with Crippen LogP contribution in [0.4, 0.5) is 34.1 Å². The van der Waals surface area contributed by atoms with E-state index in [1.165, 1.54) is 98.6 Å². The molecule has 0 fully saturated rings. The topological polar surface area (TPSA) is 15.7 Å². The lowest BCUT2D eigenvalue weighted by Gasteiger charge is -2.47. The standard InChI is InChI=1S/C62H61BN2OS/c1-58(2,3)36-22-27-39(28-23-36)64-48-31-26-38(60(7,8)9)32-47(48)63-54-49(35-51-53(56(54)64)62(12,13)45-20-16-17-21-50(45)66-51)65(40-29-24-37(25-30-40)59(4,5)6)55-43-33-42-41-18-14-15-19-44(41)61(10,11)46(42)34-52(43)67-57(55)63/h14-35H,1-13H3. The Morgan fingerprint density at radius 3 is 1.69 bits per heavy atom. The molecule has 4 aliphatic rings. The zero-order valence-electron chi connectivity index (χ0n) is 41.5. The summed E-state index contributed by atoms with van der Waals surface area (Å²) in [5, 5.41) is 1.30. The molecule has 3 nitrogen and oxygen atoms in total. The van der Waals surface area contributed by atoms with Crippen molar-refractivity contribution in [3.8, 4) is 22.6 Å². The molecule has 334 valence electrons. The first kappa shape index (κ1) is 42.3. The van der Waals surface area contributed by atoms with Gasteiger partial charge in [0.25, 0.3) is 6.71 Å². The largest absolute Gasteiger partial charge is 0.457 e. The number of fused-ring (bicyclic) bond motifs is 12. The first-order valence-electron chi connectivity index (χ1n) is 24.3. The maximum Gasteiger partial charge on any atom is 0.264 e. The van der Waals surface area contributed by atoms with E-state index < -0.39 is 0 Å². The van der Waals surface area contributed by atoms with Crippen LogP contribution in [0, 0.1) is 0 Å². The van der Waals surface area contributed by atoms with Crippen molar-refractivity contribution in [1.82, 2.24) is 0 Å². The summed E-state index contributed by atoms with van der Waals surface area (Å²) < 4.78 is 9.98. The maximum absolute atomic E-state index is 7.26. The molecule has 0 atom stereocenters. The van der Waals surface area contributed by atoms with Gasteiger partial charge in [-0.3, -0.25) is 0 Å². The molecule has 7 aromatic carbocycles. The minimum Gasteiger partial charge on any atom is -0.457 e. The monoisotopic (exact) mass is 892 g/mol. The van der Waals surface area contributed by atoms with Gasteiger partial charge in [0.1, 0.15) is 11.5 Å². The van der Waals surface area contributed by atoms with Crippen LogP contribution < -0.4 is 30.2 Å². The lowest BCUT2D eigenvalue weighted by Crippen LogP contribution is -2.61. The van der Waals surface area contributed by atoms with Crippen molar-refractivity contribution in [2.75, 3.05) is 9.80 Å². The molecule has 0 radical (unpaired) electrons. The lowest BCUT2D eigenvalue weighted by atomic mass is 9.35. The van der Waals surface area contributed by atoms with E-state index in [9.17, 15) is 0 Å². The highest BCUT2D eigenvalue weighted by molar-refractivity contribution is 7.33. The van der Waals surface area contributed by atoms with E-state index >= 15 is 0 Å². The molecule has 0 saturated heterocycles. The number of benzene rings is 7. The van der Waals surface area contributed by atoms with Gasteiger partial charge in [-0.15, -0.1) is 11.3 Å². The van der Waals surface area contributed by atoms with Crippen molar-refractivity contribution in [3.63, 3.8) is 0 Å². The van der Waals surface area contributed by atoms with Gasteiger partial charge in [-0.2, -0.15) is 0 Å². The third kappa shape index (κ3) is 6.02. The van der Waals surface area contributed by atoms with Crippen LogP contribution in [0.2, 0.25) is 0 Å². The number of hydrogen-bond donors (Lipinski definition) is 0. The molecule has 0 saturated carbocycles. The van der Waals surface area contributed by atoms with Crippen LogP contribution in [0.5, 0.6) is 11.5 Å². The number of para-hydroxylation sites is 1. The highest BCUT2D eigenvalue weighted by Gasteiger charge is 2.51. The van der Waals surface area contributed by atoms with Crippen molar-refractivity contribution in [2.45, 2.75) is 117 Å². The molecule has 8 aromatic rings. The predicted molar refractivity (Wildman–Crippen MR) is 288 cm³/mol. The van der Waals surface area contributed by atoms with E-state index in [1.54, 1.807) is 0 Å². The van der Waals surface area contributed by atoms with E-state index in [-0.39, 0.29) is 33.8 Å². The molecule has 0 N–H and O–H groups in total. The fourth-order valence-corrected chi connectivity index (χ4v) is 13.3. The minimum absolute atomic E-state index is 0.0157. The lowest BCUT2D eigenvalue weighted by molar-refractivity contribution is 0.419. The van der Waals surface area contributed by atoms with Crippen LogP contribution >= 0.6 is 11.3 Å². The Hall–Kier alpha value is -6.04. The second kappa shape index (κ2) is 13.8. The van der Waals surface area contributed by atoms with Gasteiger partial charge in [0, 0.05) is 65.6 Å². The van der Waals surface area contributed by atoms with Crippen molar-refractivity contribution in [1.29, 1.82) is 0 Å².